The van der Waals surface area contributed by atoms with E-state index in [1.165, 1.54) is 12.1 Å². The van der Waals surface area contributed by atoms with Crippen molar-refractivity contribution in [3.8, 4) is 11.4 Å². The SMILES string of the molecule is O=C(NCc1ccc(F)cc1)c1snc(-c2ccccn2)c1NC(=O)C1CC1. The first-order valence-electron chi connectivity index (χ1n) is 8.86. The van der Waals surface area contributed by atoms with Crippen molar-refractivity contribution in [1.29, 1.82) is 0 Å². The molecule has 3 aromatic rings. The van der Waals surface area contributed by atoms with E-state index in [9.17, 15) is 14.0 Å². The van der Waals surface area contributed by atoms with Gasteiger partial charge in [0.2, 0.25) is 5.91 Å². The second-order valence-electron chi connectivity index (χ2n) is 6.52. The van der Waals surface area contributed by atoms with Crippen LogP contribution in [0.4, 0.5) is 10.1 Å². The number of aromatic nitrogens is 2. The predicted octanol–water partition coefficient (Wildman–Crippen LogP) is 3.62. The third-order valence-electron chi connectivity index (χ3n) is 4.37. The van der Waals surface area contributed by atoms with Crippen LogP contribution < -0.4 is 10.6 Å². The number of rotatable bonds is 6. The highest BCUT2D eigenvalue weighted by Crippen LogP contribution is 2.35. The molecular weight excluding hydrogens is 379 g/mol. The molecule has 2 amide bonds. The maximum absolute atomic E-state index is 13.0. The second-order valence-corrected chi connectivity index (χ2v) is 7.30. The molecule has 0 atom stereocenters. The molecule has 1 fully saturated rings. The van der Waals surface area contributed by atoms with E-state index in [1.54, 1.807) is 30.5 Å². The van der Waals surface area contributed by atoms with Crippen LogP contribution in [0.5, 0.6) is 0 Å². The first-order valence-corrected chi connectivity index (χ1v) is 9.64. The number of halogens is 1. The molecule has 1 aromatic carbocycles. The van der Waals surface area contributed by atoms with Crippen LogP contribution in [0.2, 0.25) is 0 Å². The van der Waals surface area contributed by atoms with E-state index in [0.29, 0.717) is 22.0 Å². The lowest BCUT2D eigenvalue weighted by Gasteiger charge is -2.09. The molecule has 8 heteroatoms. The zero-order valence-electron chi connectivity index (χ0n) is 14.8. The molecule has 2 aromatic heterocycles. The maximum atomic E-state index is 13.0. The molecule has 1 aliphatic carbocycles. The summed E-state index contributed by atoms with van der Waals surface area (Å²) >= 11 is 1.01. The van der Waals surface area contributed by atoms with Crippen molar-refractivity contribution < 1.29 is 14.0 Å². The molecule has 142 valence electrons. The number of nitrogens with zero attached hydrogens (tertiary/aromatic N) is 2. The van der Waals surface area contributed by atoms with Crippen LogP contribution in [0, 0.1) is 11.7 Å². The van der Waals surface area contributed by atoms with Crippen LogP contribution in [0.3, 0.4) is 0 Å². The third kappa shape index (κ3) is 4.07. The Morgan fingerprint density at radius 2 is 1.93 bits per heavy atom. The van der Waals surface area contributed by atoms with Crippen molar-refractivity contribution in [2.45, 2.75) is 19.4 Å². The van der Waals surface area contributed by atoms with E-state index in [0.717, 1.165) is 29.9 Å². The molecule has 0 bridgehead atoms. The molecule has 0 saturated heterocycles. The normalized spacial score (nSPS) is 13.2. The van der Waals surface area contributed by atoms with Crippen molar-refractivity contribution in [3.63, 3.8) is 0 Å². The van der Waals surface area contributed by atoms with Crippen LogP contribution in [0.15, 0.2) is 48.7 Å². The fourth-order valence-corrected chi connectivity index (χ4v) is 3.44. The number of benzene rings is 1. The minimum absolute atomic E-state index is 0.00777. The third-order valence-corrected chi connectivity index (χ3v) is 5.21. The highest BCUT2D eigenvalue weighted by Gasteiger charge is 2.32. The van der Waals surface area contributed by atoms with Gasteiger partial charge >= 0.3 is 0 Å². The Morgan fingerprint density at radius 1 is 1.14 bits per heavy atom. The van der Waals surface area contributed by atoms with E-state index < -0.39 is 0 Å². The summed E-state index contributed by atoms with van der Waals surface area (Å²) in [5.41, 5.74) is 2.22. The molecular formula is C20H17FN4O2S. The maximum Gasteiger partial charge on any atom is 0.265 e. The predicted molar refractivity (Wildman–Crippen MR) is 104 cm³/mol. The number of anilines is 1. The fraction of sp³-hybridized carbons (Fsp3) is 0.200. The molecule has 1 aliphatic rings. The van der Waals surface area contributed by atoms with Crippen LogP contribution in [-0.2, 0) is 11.3 Å². The van der Waals surface area contributed by atoms with Gasteiger partial charge in [-0.05, 0) is 54.2 Å². The number of nitrogens with one attached hydrogen (secondary N) is 2. The Hall–Kier alpha value is -3.13. The topological polar surface area (TPSA) is 84.0 Å². The summed E-state index contributed by atoms with van der Waals surface area (Å²) in [5.74, 6) is -0.797. The van der Waals surface area contributed by atoms with Crippen molar-refractivity contribution in [3.05, 3.63) is 64.9 Å². The highest BCUT2D eigenvalue weighted by molar-refractivity contribution is 7.09. The van der Waals surface area contributed by atoms with Gasteiger partial charge in [0.1, 0.15) is 16.4 Å². The van der Waals surface area contributed by atoms with Crippen LogP contribution in [0.1, 0.15) is 28.1 Å². The molecule has 4 rings (SSSR count). The Balaban J connectivity index is 1.58. The van der Waals surface area contributed by atoms with Gasteiger partial charge in [-0.1, -0.05) is 18.2 Å². The summed E-state index contributed by atoms with van der Waals surface area (Å²) in [6.07, 6.45) is 3.35. The Bertz CT molecular complexity index is 1000. The standard InChI is InChI=1S/C20H17FN4O2S/c21-14-8-4-12(5-9-14)11-23-20(27)18-17(24-19(26)13-6-7-13)16(25-28-18)15-3-1-2-10-22-15/h1-5,8-10,13H,6-7,11H2,(H,23,27)(H,24,26). The van der Waals surface area contributed by atoms with Gasteiger partial charge in [0, 0.05) is 18.7 Å². The van der Waals surface area contributed by atoms with E-state index in [1.807, 2.05) is 6.07 Å². The lowest BCUT2D eigenvalue weighted by Crippen LogP contribution is -2.24. The Kier molecular flexibility index (Phi) is 5.12. The molecule has 2 heterocycles. The van der Waals surface area contributed by atoms with E-state index >= 15 is 0 Å². The van der Waals surface area contributed by atoms with Crippen molar-refractivity contribution in [1.82, 2.24) is 14.7 Å². The lowest BCUT2D eigenvalue weighted by atomic mass is 10.2. The van der Waals surface area contributed by atoms with Crippen molar-refractivity contribution >= 4 is 29.0 Å². The van der Waals surface area contributed by atoms with E-state index in [4.69, 9.17) is 0 Å². The highest BCUT2D eigenvalue weighted by atomic mass is 32.1. The molecule has 6 nitrogen and oxygen atoms in total. The molecule has 0 spiro atoms. The summed E-state index contributed by atoms with van der Waals surface area (Å²) in [5, 5.41) is 5.66. The minimum atomic E-state index is -0.352. The number of carbonyl (C=O) groups excluding carboxylic acids is 2. The van der Waals surface area contributed by atoms with Gasteiger partial charge in [-0.25, -0.2) is 4.39 Å². The minimum Gasteiger partial charge on any atom is -0.347 e. The number of amides is 2. The zero-order chi connectivity index (χ0) is 19.5. The number of hydrogen-bond acceptors (Lipinski definition) is 5. The second kappa shape index (κ2) is 7.85. The monoisotopic (exact) mass is 396 g/mol. The molecule has 0 unspecified atom stereocenters. The van der Waals surface area contributed by atoms with Crippen LogP contribution >= 0.6 is 11.5 Å². The van der Waals surface area contributed by atoms with E-state index in [-0.39, 0.29) is 30.1 Å². The number of hydrogen-bond donors (Lipinski definition) is 2. The average molecular weight is 396 g/mol. The van der Waals surface area contributed by atoms with E-state index in [2.05, 4.69) is 20.0 Å². The summed E-state index contributed by atoms with van der Waals surface area (Å²) in [7, 11) is 0. The molecule has 0 aliphatic heterocycles. The molecule has 28 heavy (non-hydrogen) atoms. The summed E-state index contributed by atoms with van der Waals surface area (Å²) in [6.45, 7) is 0.242. The van der Waals surface area contributed by atoms with Gasteiger partial charge in [0.25, 0.3) is 5.91 Å². The Morgan fingerprint density at radius 3 is 2.61 bits per heavy atom. The fourth-order valence-electron chi connectivity index (χ4n) is 2.67. The first kappa shape index (κ1) is 18.2. The zero-order valence-corrected chi connectivity index (χ0v) is 15.6. The van der Waals surface area contributed by atoms with Gasteiger partial charge in [0.15, 0.2) is 0 Å². The quantitative estimate of drug-likeness (QED) is 0.667. The van der Waals surface area contributed by atoms with Crippen LogP contribution in [-0.4, -0.2) is 21.2 Å². The first-order chi connectivity index (χ1) is 13.6. The average Bonchev–Trinajstić information content (AvgIpc) is 3.49. The van der Waals surface area contributed by atoms with Crippen molar-refractivity contribution in [2.75, 3.05) is 5.32 Å². The van der Waals surface area contributed by atoms with Gasteiger partial charge in [-0.15, -0.1) is 0 Å². The van der Waals surface area contributed by atoms with Crippen LogP contribution in [0.25, 0.3) is 11.4 Å². The van der Waals surface area contributed by atoms with Gasteiger partial charge in [0.05, 0.1) is 11.4 Å². The smallest absolute Gasteiger partial charge is 0.265 e. The lowest BCUT2D eigenvalue weighted by molar-refractivity contribution is -0.117. The summed E-state index contributed by atoms with van der Waals surface area (Å²) in [6, 6.07) is 11.3. The molecule has 2 N–H and O–H groups in total. The largest absolute Gasteiger partial charge is 0.347 e. The number of carbonyl (C=O) groups is 2. The summed E-state index contributed by atoms with van der Waals surface area (Å²) in [4.78, 5) is 29.6. The Labute approximate surface area is 165 Å². The van der Waals surface area contributed by atoms with Gasteiger partial charge in [-0.2, -0.15) is 4.37 Å². The number of pyridine rings is 1. The van der Waals surface area contributed by atoms with Crippen molar-refractivity contribution in [2.24, 2.45) is 5.92 Å². The van der Waals surface area contributed by atoms with Gasteiger partial charge in [-0.3, -0.25) is 14.6 Å². The summed E-state index contributed by atoms with van der Waals surface area (Å²) < 4.78 is 17.4. The molecule has 1 saturated carbocycles. The molecule has 0 radical (unpaired) electrons. The van der Waals surface area contributed by atoms with Gasteiger partial charge < -0.3 is 10.6 Å².